The highest BCUT2D eigenvalue weighted by atomic mass is 19.4. The first-order valence-corrected chi connectivity index (χ1v) is 12.4. The Hall–Kier alpha value is -3.80. The molecule has 0 saturated carbocycles. The molecular weight excluding hydrogens is 538 g/mol. The summed E-state index contributed by atoms with van der Waals surface area (Å²) in [5, 5.41) is 0. The number of para-hydroxylation sites is 1. The number of amides is 1. The van der Waals surface area contributed by atoms with Crippen LogP contribution >= 0.6 is 0 Å². The Morgan fingerprint density at radius 1 is 0.925 bits per heavy atom. The first-order chi connectivity index (χ1) is 18.8. The molecule has 1 aliphatic heterocycles. The zero-order chi connectivity index (χ0) is 29.2. The molecule has 0 radical (unpaired) electrons. The molecule has 1 fully saturated rings. The molecule has 0 atom stereocenters. The van der Waals surface area contributed by atoms with Crippen LogP contribution in [0.15, 0.2) is 54.7 Å². The molecule has 2 aromatic carbocycles. The Balaban J connectivity index is 1.74. The molecule has 40 heavy (non-hydrogen) atoms. The zero-order valence-corrected chi connectivity index (χ0v) is 22.1. The molecule has 0 N–H and O–H groups in total. The van der Waals surface area contributed by atoms with E-state index in [9.17, 15) is 31.1 Å². The minimum absolute atomic E-state index is 0.0658. The lowest BCUT2D eigenvalue weighted by Crippen LogP contribution is -2.44. The van der Waals surface area contributed by atoms with Gasteiger partial charge in [-0.2, -0.15) is 26.3 Å². The van der Waals surface area contributed by atoms with Crippen LogP contribution in [0, 0.1) is 0 Å². The molecule has 0 spiro atoms. The number of rotatable bonds is 6. The lowest BCUT2D eigenvalue weighted by atomic mass is 9.99. The third-order valence-electron chi connectivity index (χ3n) is 6.76. The third kappa shape index (κ3) is 6.49. The topological polar surface area (TPSA) is 48.9 Å². The number of likely N-dealkylation sites (N-methyl/N-ethyl adjacent to an activating group) is 1. The van der Waals surface area contributed by atoms with Crippen molar-refractivity contribution in [2.24, 2.45) is 0 Å². The van der Waals surface area contributed by atoms with Gasteiger partial charge in [-0.15, -0.1) is 0 Å². The van der Waals surface area contributed by atoms with Gasteiger partial charge in [0.1, 0.15) is 11.6 Å². The monoisotopic (exact) mass is 566 g/mol. The van der Waals surface area contributed by atoms with Crippen molar-refractivity contribution in [2.45, 2.75) is 18.9 Å². The number of hydrogen-bond acceptors (Lipinski definition) is 5. The highest BCUT2D eigenvalue weighted by molar-refractivity contribution is 6.02. The third-order valence-corrected chi connectivity index (χ3v) is 6.76. The van der Waals surface area contributed by atoms with Crippen molar-refractivity contribution in [3.63, 3.8) is 0 Å². The minimum atomic E-state index is -4.99. The number of anilines is 1. The van der Waals surface area contributed by atoms with Gasteiger partial charge in [0.25, 0.3) is 5.91 Å². The van der Waals surface area contributed by atoms with Crippen LogP contribution in [0.25, 0.3) is 11.1 Å². The summed E-state index contributed by atoms with van der Waals surface area (Å²) in [6.07, 6.45) is -8.44. The van der Waals surface area contributed by atoms with Crippen molar-refractivity contribution in [3.05, 3.63) is 77.0 Å². The summed E-state index contributed by atoms with van der Waals surface area (Å²) in [6, 6.07) is 9.90. The Bertz CT molecular complexity index is 1340. The van der Waals surface area contributed by atoms with Crippen molar-refractivity contribution in [2.75, 3.05) is 52.3 Å². The Morgan fingerprint density at radius 3 is 2.10 bits per heavy atom. The summed E-state index contributed by atoms with van der Waals surface area (Å²) >= 11 is 0. The fraction of sp³-hybridized carbons (Fsp3) is 0.357. The van der Waals surface area contributed by atoms with E-state index in [1.165, 1.54) is 14.2 Å². The number of benzene rings is 2. The van der Waals surface area contributed by atoms with Gasteiger partial charge in [-0.05, 0) is 42.9 Å². The normalized spacial score (nSPS) is 14.8. The molecule has 1 aromatic heterocycles. The first-order valence-electron chi connectivity index (χ1n) is 12.4. The molecule has 2 heterocycles. The van der Waals surface area contributed by atoms with E-state index in [2.05, 4.69) is 9.88 Å². The van der Waals surface area contributed by atoms with Crippen LogP contribution in [0.5, 0.6) is 5.75 Å². The van der Waals surface area contributed by atoms with Crippen molar-refractivity contribution in [1.82, 2.24) is 14.8 Å². The molecule has 1 amide bonds. The van der Waals surface area contributed by atoms with Gasteiger partial charge in [0.05, 0.1) is 23.8 Å². The Kier molecular flexibility index (Phi) is 8.29. The van der Waals surface area contributed by atoms with Crippen LogP contribution in [-0.2, 0) is 18.9 Å². The maximum absolute atomic E-state index is 13.8. The van der Waals surface area contributed by atoms with Gasteiger partial charge in [-0.1, -0.05) is 18.2 Å². The summed E-state index contributed by atoms with van der Waals surface area (Å²) < 4.78 is 85.7. The quantitative estimate of drug-likeness (QED) is 0.352. The second kappa shape index (κ2) is 11.4. The summed E-state index contributed by atoms with van der Waals surface area (Å²) in [4.78, 5) is 23.6. The van der Waals surface area contributed by atoms with Crippen LogP contribution in [-0.4, -0.2) is 68.1 Å². The van der Waals surface area contributed by atoms with Gasteiger partial charge in [0.15, 0.2) is 0 Å². The van der Waals surface area contributed by atoms with E-state index in [0.717, 1.165) is 18.0 Å². The minimum Gasteiger partial charge on any atom is -0.496 e. The predicted octanol–water partition coefficient (Wildman–Crippen LogP) is 5.82. The van der Waals surface area contributed by atoms with Crippen LogP contribution in [0.1, 0.15) is 27.0 Å². The largest absolute Gasteiger partial charge is 0.496 e. The van der Waals surface area contributed by atoms with E-state index >= 15 is 0 Å². The van der Waals surface area contributed by atoms with E-state index in [1.807, 2.05) is 11.9 Å². The summed E-state index contributed by atoms with van der Waals surface area (Å²) in [7, 11) is 4.81. The lowest BCUT2D eigenvalue weighted by molar-refractivity contribution is -0.143. The Labute approximate surface area is 227 Å². The van der Waals surface area contributed by atoms with E-state index in [4.69, 9.17) is 4.74 Å². The molecule has 214 valence electrons. The second-order valence-corrected chi connectivity index (χ2v) is 9.65. The number of hydrogen-bond donors (Lipinski definition) is 0. The van der Waals surface area contributed by atoms with Crippen LogP contribution in [0.3, 0.4) is 0 Å². The molecule has 6 nitrogen and oxygen atoms in total. The van der Waals surface area contributed by atoms with E-state index in [0.29, 0.717) is 47.9 Å². The van der Waals surface area contributed by atoms with Crippen LogP contribution < -0.4 is 9.64 Å². The molecule has 1 aliphatic rings. The lowest BCUT2D eigenvalue weighted by Gasteiger charge is -2.33. The molecule has 12 heteroatoms. The van der Waals surface area contributed by atoms with Gasteiger partial charge in [-0.25, -0.2) is 4.98 Å². The molecular formula is C28H28F6N4O2. The molecule has 0 unspecified atom stereocenters. The number of methoxy groups -OCH3 is 1. The standard InChI is InChI=1S/C28H28F6N4O2/c1-36-8-10-38(11-9-36)25-15-22(23(16-35-25)21-6-4-5-7-24(21)40-3)26(39)37(2)17-18-12-19(27(29,30)31)14-20(13-18)28(32,33)34/h4-7,12-16H,8-11,17H2,1-3H3. The number of aromatic nitrogens is 1. The second-order valence-electron chi connectivity index (χ2n) is 9.65. The molecule has 0 aliphatic carbocycles. The number of alkyl halides is 6. The van der Waals surface area contributed by atoms with Crippen LogP contribution in [0.2, 0.25) is 0 Å². The number of piperazine rings is 1. The SMILES string of the molecule is COc1ccccc1-c1cnc(N2CCN(C)CC2)cc1C(=O)N(C)Cc1cc(C(F)(F)F)cc(C(F)(F)F)c1. The fourth-order valence-corrected chi connectivity index (χ4v) is 4.57. The van der Waals surface area contributed by atoms with E-state index in [-0.39, 0.29) is 17.2 Å². The Morgan fingerprint density at radius 2 is 1.52 bits per heavy atom. The number of ether oxygens (including phenoxy) is 1. The highest BCUT2D eigenvalue weighted by Gasteiger charge is 2.37. The molecule has 0 bridgehead atoms. The fourth-order valence-electron chi connectivity index (χ4n) is 4.57. The van der Waals surface area contributed by atoms with Gasteiger partial charge in [0, 0.05) is 57.1 Å². The van der Waals surface area contributed by atoms with Crippen molar-refractivity contribution in [3.8, 4) is 16.9 Å². The van der Waals surface area contributed by atoms with E-state index < -0.39 is 35.9 Å². The summed E-state index contributed by atoms with van der Waals surface area (Å²) in [6.45, 7) is 2.44. The van der Waals surface area contributed by atoms with Crippen molar-refractivity contribution in [1.29, 1.82) is 0 Å². The molecule has 3 aromatic rings. The summed E-state index contributed by atoms with van der Waals surface area (Å²) in [5.74, 6) is 0.424. The average Bonchev–Trinajstić information content (AvgIpc) is 2.91. The first kappa shape index (κ1) is 29.2. The van der Waals surface area contributed by atoms with Gasteiger partial charge in [-0.3, -0.25) is 4.79 Å². The number of carbonyl (C=O) groups excluding carboxylic acids is 1. The van der Waals surface area contributed by atoms with E-state index in [1.54, 1.807) is 36.5 Å². The number of halogens is 6. The average molecular weight is 567 g/mol. The van der Waals surface area contributed by atoms with Crippen molar-refractivity contribution >= 4 is 11.7 Å². The van der Waals surface area contributed by atoms with Crippen molar-refractivity contribution < 1.29 is 35.9 Å². The molecule has 1 saturated heterocycles. The maximum atomic E-state index is 13.8. The van der Waals surface area contributed by atoms with Gasteiger partial charge < -0.3 is 19.4 Å². The van der Waals surface area contributed by atoms with Gasteiger partial charge >= 0.3 is 12.4 Å². The predicted molar refractivity (Wildman–Crippen MR) is 138 cm³/mol. The number of nitrogens with zero attached hydrogens (tertiary/aromatic N) is 4. The van der Waals surface area contributed by atoms with Gasteiger partial charge in [0.2, 0.25) is 0 Å². The number of carbonyl (C=O) groups is 1. The van der Waals surface area contributed by atoms with Crippen LogP contribution in [0.4, 0.5) is 32.2 Å². The summed E-state index contributed by atoms with van der Waals surface area (Å²) in [5.41, 5.74) is -1.99. The number of pyridine rings is 1. The smallest absolute Gasteiger partial charge is 0.416 e. The molecule has 4 rings (SSSR count). The zero-order valence-electron chi connectivity index (χ0n) is 22.1. The maximum Gasteiger partial charge on any atom is 0.416 e. The highest BCUT2D eigenvalue weighted by Crippen LogP contribution is 2.37.